The molecular weight excluding hydrogens is 228 g/mol. The quantitative estimate of drug-likeness (QED) is 0.736. The molecule has 2 nitrogen and oxygen atoms in total. The fourth-order valence-corrected chi connectivity index (χ4v) is 3.95. The summed E-state index contributed by atoms with van der Waals surface area (Å²) in [4.78, 5) is 2.65. The van der Waals surface area contributed by atoms with Crippen molar-refractivity contribution in [2.45, 2.75) is 63.1 Å². The monoisotopic (exact) mass is 256 g/mol. The zero-order valence-corrected chi connectivity index (χ0v) is 12.3. The van der Waals surface area contributed by atoms with Gasteiger partial charge in [-0.1, -0.05) is 6.42 Å². The topological polar surface area (TPSA) is 15.3 Å². The molecule has 2 atom stereocenters. The van der Waals surface area contributed by atoms with Crippen LogP contribution in [0.5, 0.6) is 0 Å². The van der Waals surface area contributed by atoms with Crippen LogP contribution >= 0.6 is 11.8 Å². The highest BCUT2D eigenvalue weighted by Gasteiger charge is 2.35. The standard InChI is InChI=1S/C14H28N2S/c1-16-13-6-5-7-14(16)11-12(10-13)15-8-3-4-9-17-2/h12-15H,3-11H2,1-2H3. The van der Waals surface area contributed by atoms with Crippen molar-refractivity contribution < 1.29 is 0 Å². The van der Waals surface area contributed by atoms with Crippen LogP contribution in [0.4, 0.5) is 0 Å². The third-order valence-electron chi connectivity index (χ3n) is 4.55. The van der Waals surface area contributed by atoms with Gasteiger partial charge in [0.25, 0.3) is 0 Å². The van der Waals surface area contributed by atoms with Crippen LogP contribution in [0.1, 0.15) is 44.9 Å². The molecule has 0 saturated carbocycles. The summed E-state index contributed by atoms with van der Waals surface area (Å²) in [6.07, 6.45) is 12.0. The van der Waals surface area contributed by atoms with Gasteiger partial charge in [-0.25, -0.2) is 0 Å². The Bertz CT molecular complexity index is 208. The van der Waals surface area contributed by atoms with Crippen LogP contribution in [0, 0.1) is 0 Å². The molecule has 0 aromatic heterocycles. The summed E-state index contributed by atoms with van der Waals surface area (Å²) in [7, 11) is 2.34. The van der Waals surface area contributed by atoms with Crippen molar-refractivity contribution >= 4 is 11.8 Å². The molecule has 0 spiro atoms. The number of thioether (sulfide) groups is 1. The minimum atomic E-state index is 0.802. The van der Waals surface area contributed by atoms with Gasteiger partial charge >= 0.3 is 0 Å². The molecule has 1 N–H and O–H groups in total. The maximum absolute atomic E-state index is 3.79. The van der Waals surface area contributed by atoms with Crippen molar-refractivity contribution in [2.75, 3.05) is 25.6 Å². The molecule has 2 unspecified atom stereocenters. The highest BCUT2D eigenvalue weighted by atomic mass is 32.2. The summed E-state index contributed by atoms with van der Waals surface area (Å²) in [6.45, 7) is 1.23. The maximum Gasteiger partial charge on any atom is 0.0110 e. The maximum atomic E-state index is 3.79. The summed E-state index contributed by atoms with van der Waals surface area (Å²) in [5, 5.41) is 3.79. The van der Waals surface area contributed by atoms with Crippen molar-refractivity contribution in [3.05, 3.63) is 0 Å². The molecule has 2 bridgehead atoms. The Labute approximate surface area is 111 Å². The van der Waals surface area contributed by atoms with Crippen LogP contribution < -0.4 is 5.32 Å². The fourth-order valence-electron chi connectivity index (χ4n) is 3.46. The Kier molecular flexibility index (Phi) is 5.64. The average Bonchev–Trinajstić information content (AvgIpc) is 2.30. The van der Waals surface area contributed by atoms with Crippen molar-refractivity contribution in [3.63, 3.8) is 0 Å². The van der Waals surface area contributed by atoms with Gasteiger partial charge in [-0.2, -0.15) is 11.8 Å². The van der Waals surface area contributed by atoms with Crippen LogP contribution in [-0.2, 0) is 0 Å². The Morgan fingerprint density at radius 2 is 1.88 bits per heavy atom. The summed E-state index contributed by atoms with van der Waals surface area (Å²) < 4.78 is 0. The minimum absolute atomic E-state index is 0.802. The van der Waals surface area contributed by atoms with E-state index in [1.54, 1.807) is 0 Å². The number of nitrogens with one attached hydrogen (secondary N) is 1. The van der Waals surface area contributed by atoms with E-state index in [0.717, 1.165) is 18.1 Å². The molecule has 100 valence electrons. The number of fused-ring (bicyclic) bond motifs is 2. The molecular formula is C14H28N2S. The van der Waals surface area contributed by atoms with Gasteiger partial charge in [0, 0.05) is 18.1 Å². The third-order valence-corrected chi connectivity index (χ3v) is 5.24. The van der Waals surface area contributed by atoms with Gasteiger partial charge in [-0.15, -0.1) is 0 Å². The van der Waals surface area contributed by atoms with Crippen LogP contribution in [0.2, 0.25) is 0 Å². The predicted octanol–water partition coefficient (Wildman–Crippen LogP) is 2.73. The number of rotatable bonds is 6. The molecule has 17 heavy (non-hydrogen) atoms. The first kappa shape index (κ1) is 13.7. The van der Waals surface area contributed by atoms with E-state index in [4.69, 9.17) is 0 Å². The molecule has 2 heterocycles. The molecule has 2 saturated heterocycles. The Balaban J connectivity index is 1.65. The van der Waals surface area contributed by atoms with Crippen molar-refractivity contribution in [2.24, 2.45) is 0 Å². The normalized spacial score (nSPS) is 33.9. The molecule has 2 aliphatic heterocycles. The zero-order chi connectivity index (χ0) is 12.1. The van der Waals surface area contributed by atoms with Gasteiger partial charge in [-0.05, 0) is 64.1 Å². The SMILES string of the molecule is CSCCCCNC1CC2CCCC(C1)N2C. The zero-order valence-electron chi connectivity index (χ0n) is 11.5. The number of piperidine rings is 2. The van der Waals surface area contributed by atoms with Gasteiger partial charge < -0.3 is 10.2 Å². The van der Waals surface area contributed by atoms with E-state index < -0.39 is 0 Å². The van der Waals surface area contributed by atoms with Crippen LogP contribution in [-0.4, -0.2) is 48.6 Å². The number of unbranched alkanes of at least 4 members (excludes halogenated alkanes) is 1. The van der Waals surface area contributed by atoms with Crippen LogP contribution in [0.25, 0.3) is 0 Å². The van der Waals surface area contributed by atoms with Crippen LogP contribution in [0.3, 0.4) is 0 Å². The lowest BCUT2D eigenvalue weighted by molar-refractivity contribution is 0.0487. The molecule has 0 aromatic rings. The van der Waals surface area contributed by atoms with Gasteiger partial charge in [0.15, 0.2) is 0 Å². The Morgan fingerprint density at radius 3 is 2.53 bits per heavy atom. The van der Waals surface area contributed by atoms with Crippen molar-refractivity contribution in [3.8, 4) is 0 Å². The first-order valence-corrected chi connectivity index (χ1v) is 8.65. The lowest BCUT2D eigenvalue weighted by Gasteiger charge is -2.47. The van der Waals surface area contributed by atoms with E-state index in [0.29, 0.717) is 0 Å². The van der Waals surface area contributed by atoms with E-state index in [2.05, 4.69) is 23.5 Å². The van der Waals surface area contributed by atoms with Gasteiger partial charge in [-0.3, -0.25) is 0 Å². The smallest absolute Gasteiger partial charge is 0.0110 e. The van der Waals surface area contributed by atoms with E-state index in [1.807, 2.05) is 11.8 Å². The van der Waals surface area contributed by atoms with E-state index in [-0.39, 0.29) is 0 Å². The molecule has 0 aliphatic carbocycles. The summed E-state index contributed by atoms with van der Waals surface area (Å²) in [5.74, 6) is 1.32. The first-order valence-electron chi connectivity index (χ1n) is 7.25. The van der Waals surface area contributed by atoms with Crippen molar-refractivity contribution in [1.29, 1.82) is 0 Å². The molecule has 2 aliphatic rings. The number of hydrogen-bond acceptors (Lipinski definition) is 3. The second-order valence-corrected chi connectivity index (χ2v) is 6.71. The third kappa shape index (κ3) is 3.87. The largest absolute Gasteiger partial charge is 0.314 e. The van der Waals surface area contributed by atoms with Gasteiger partial charge in [0.05, 0.1) is 0 Å². The highest BCUT2D eigenvalue weighted by molar-refractivity contribution is 7.98. The highest BCUT2D eigenvalue weighted by Crippen LogP contribution is 2.32. The van der Waals surface area contributed by atoms with Crippen LogP contribution in [0.15, 0.2) is 0 Å². The van der Waals surface area contributed by atoms with Crippen molar-refractivity contribution in [1.82, 2.24) is 10.2 Å². The van der Waals surface area contributed by atoms with E-state index >= 15 is 0 Å². The lowest BCUT2D eigenvalue weighted by atomic mass is 9.82. The van der Waals surface area contributed by atoms with E-state index in [1.165, 1.54) is 57.2 Å². The number of hydrogen-bond donors (Lipinski definition) is 1. The molecule has 2 fully saturated rings. The molecule has 2 rings (SSSR count). The minimum Gasteiger partial charge on any atom is -0.314 e. The summed E-state index contributed by atoms with van der Waals surface area (Å²) in [6, 6.07) is 2.54. The fraction of sp³-hybridized carbons (Fsp3) is 1.00. The second kappa shape index (κ2) is 7.01. The lowest BCUT2D eigenvalue weighted by Crippen LogP contribution is -2.54. The average molecular weight is 256 g/mol. The first-order chi connectivity index (χ1) is 8.31. The molecule has 0 aromatic carbocycles. The van der Waals surface area contributed by atoms with Gasteiger partial charge in [0.1, 0.15) is 0 Å². The summed E-state index contributed by atoms with van der Waals surface area (Å²) in [5.41, 5.74) is 0. The molecule has 0 amide bonds. The Hall–Kier alpha value is 0.270. The summed E-state index contributed by atoms with van der Waals surface area (Å²) >= 11 is 1.97. The van der Waals surface area contributed by atoms with Gasteiger partial charge in [0.2, 0.25) is 0 Å². The molecule has 3 heteroatoms. The Morgan fingerprint density at radius 1 is 1.18 bits per heavy atom. The second-order valence-electron chi connectivity index (χ2n) is 5.73. The number of nitrogens with zero attached hydrogens (tertiary/aromatic N) is 1. The predicted molar refractivity (Wildman–Crippen MR) is 77.8 cm³/mol. The molecule has 0 radical (unpaired) electrons. The van der Waals surface area contributed by atoms with E-state index in [9.17, 15) is 0 Å².